The number of hydrogen-bond acceptors (Lipinski definition) is 18. The smallest absolute Gasteiger partial charge is 0.471 e. The Balaban J connectivity index is 1.82. The van der Waals surface area contributed by atoms with Gasteiger partial charge < -0.3 is 87.2 Å². The Bertz CT molecular complexity index is 3550. The fourth-order valence-electron chi connectivity index (χ4n) is 12.3. The molecule has 13 atom stereocenters. The van der Waals surface area contributed by atoms with Crippen LogP contribution >= 0.6 is 0 Å². The van der Waals surface area contributed by atoms with Crippen molar-refractivity contribution in [3.63, 3.8) is 0 Å². The summed E-state index contributed by atoms with van der Waals surface area (Å²) in [5.41, 5.74) is 0.700. The van der Waals surface area contributed by atoms with Gasteiger partial charge in [-0.2, -0.15) is 13.2 Å². The number of nitrogens with zero attached hydrogens (tertiary/aromatic N) is 3. The van der Waals surface area contributed by atoms with Crippen LogP contribution in [-0.4, -0.2) is 250 Å². The average molecular weight is 1730 g/mol. The number of likely N-dealkylation sites (tertiary alicyclic amines) is 2. The van der Waals surface area contributed by atoms with Crippen LogP contribution in [0.4, 0.5) is 13.2 Å². The summed E-state index contributed by atoms with van der Waals surface area (Å²) in [5.74, 6) is -8.55. The molecular formula is C77H145B3F3N9O17Si6. The zero-order chi connectivity index (χ0) is 88.6. The lowest BCUT2D eigenvalue weighted by Crippen LogP contribution is -2.66. The number of rotatable bonds is 35. The molecule has 7 N–H and O–H groups in total. The maximum absolute atomic E-state index is 17.0. The average Bonchev–Trinajstić information content (AvgIpc) is 1.60. The van der Waals surface area contributed by atoms with Crippen molar-refractivity contribution >= 4 is 118 Å². The summed E-state index contributed by atoms with van der Waals surface area (Å²) < 4.78 is 95.6. The molecule has 4 heterocycles. The van der Waals surface area contributed by atoms with Gasteiger partial charge in [0.05, 0.1) is 55.5 Å². The van der Waals surface area contributed by atoms with Crippen molar-refractivity contribution in [2.24, 2.45) is 11.8 Å². The minimum absolute atomic E-state index is 0.00532. The van der Waals surface area contributed by atoms with Gasteiger partial charge in [0.15, 0.2) is 41.6 Å². The number of halogens is 3. The van der Waals surface area contributed by atoms with Gasteiger partial charge in [-0.3, -0.25) is 38.4 Å². The van der Waals surface area contributed by atoms with Gasteiger partial charge in [-0.05, 0) is 154 Å². The molecule has 4 fully saturated rings. The first-order chi connectivity index (χ1) is 51.7. The second-order valence-electron chi connectivity index (χ2n) is 41.8. The van der Waals surface area contributed by atoms with E-state index in [1.165, 1.54) is 23.5 Å². The predicted molar refractivity (Wildman–Crippen MR) is 463 cm³/mol. The Labute approximate surface area is 693 Å². The van der Waals surface area contributed by atoms with Gasteiger partial charge in [-0.25, -0.2) is 0 Å². The molecule has 5 rings (SSSR count). The Morgan fingerprint density at radius 1 is 0.565 bits per heavy atom. The number of nitrogens with one attached hydrogen (secondary N) is 6. The molecule has 115 heavy (non-hydrogen) atoms. The molecule has 0 spiro atoms. The van der Waals surface area contributed by atoms with E-state index < -0.39 is 231 Å². The van der Waals surface area contributed by atoms with E-state index in [0.717, 1.165) is 0 Å². The van der Waals surface area contributed by atoms with Crippen molar-refractivity contribution in [2.45, 2.75) is 354 Å². The standard InChI is InChI=1S/C77H145B3F3N9O17Si6/c1-48(42-85-70(100)77(81,82)83)63(93)84-43-55(89-78(23)101)64(94)86-58(50(3)104-110(24,25)71(5,6)7)67(97)90-45-54(107-113(30,31)74(14,15)16)41-56(90)65(95)88-60(57(108-114(32,33)75(17,18)19)40-52-36-38-53(39-37-52)106-112(28,29)73(11,12)13)66(96)87-59(51(4)105-111(26,27)72(8,9)10)68(98)91-44-49(2)62(109-115(34,35)76(20,21)22)61(91)69(99)92(79-46-102-79)80-47-103-80/h36-39,48-51,54-62,89,101H,40-47H2,1-35H3,(H,84,93)(H,85,100)(H,86,94)(H,87,96)(H,88,95)/t48-,49-,50?,51?,54+,55-,56-,57+,58-,59-,60-,61-,62-/m0/s1. The van der Waals surface area contributed by atoms with Gasteiger partial charge in [0.1, 0.15) is 36.0 Å². The van der Waals surface area contributed by atoms with Crippen LogP contribution in [0.25, 0.3) is 0 Å². The van der Waals surface area contributed by atoms with Gasteiger partial charge >= 0.3 is 33.2 Å². The molecule has 4 aliphatic heterocycles. The highest BCUT2D eigenvalue weighted by molar-refractivity contribution is 6.78. The maximum atomic E-state index is 17.0. The van der Waals surface area contributed by atoms with Crippen LogP contribution in [0.15, 0.2) is 24.3 Å². The normalized spacial score (nSPS) is 21.3. The van der Waals surface area contributed by atoms with Crippen molar-refractivity contribution < 1.29 is 92.4 Å². The van der Waals surface area contributed by atoms with Crippen LogP contribution in [0.5, 0.6) is 5.75 Å². The third-order valence-corrected chi connectivity index (χ3v) is 53.0. The summed E-state index contributed by atoms with van der Waals surface area (Å²) in [4.78, 5) is 126. The first-order valence-electron chi connectivity index (χ1n) is 41.0. The molecular weight excluding hydrogens is 1580 g/mol. The Hall–Kier alpha value is -4.29. The summed E-state index contributed by atoms with van der Waals surface area (Å²) in [7, 11) is -19.3. The summed E-state index contributed by atoms with van der Waals surface area (Å²) >= 11 is 0. The second-order valence-corrected chi connectivity index (χ2v) is 70.3. The van der Waals surface area contributed by atoms with Crippen molar-refractivity contribution in [2.75, 3.05) is 39.2 Å². The van der Waals surface area contributed by atoms with Crippen LogP contribution in [0.3, 0.4) is 0 Å². The third kappa shape index (κ3) is 26.4. The molecule has 1 aromatic carbocycles. The fourth-order valence-corrected chi connectivity index (χ4v) is 20.3. The maximum Gasteiger partial charge on any atom is 0.471 e. The molecule has 0 saturated carbocycles. The highest BCUT2D eigenvalue weighted by Gasteiger charge is 2.61. The summed E-state index contributed by atoms with van der Waals surface area (Å²) in [5, 5.41) is 24.8. The molecule has 4 aliphatic rings. The van der Waals surface area contributed by atoms with E-state index in [9.17, 15) is 27.8 Å². The fraction of sp³-hybridized carbons (Fsp3) is 0.818. The molecule has 4 saturated heterocycles. The van der Waals surface area contributed by atoms with Gasteiger partial charge in [-0.1, -0.05) is 151 Å². The molecule has 1 aromatic rings. The molecule has 0 aromatic heterocycles. The summed E-state index contributed by atoms with van der Waals surface area (Å²) in [6.45, 7) is 68.9. The van der Waals surface area contributed by atoms with Crippen LogP contribution in [-0.2, 0) is 76.2 Å². The molecule has 0 aliphatic carbocycles. The lowest BCUT2D eigenvalue weighted by atomic mass is 9.75. The predicted octanol–water partition coefficient (Wildman–Crippen LogP) is 11.0. The second kappa shape index (κ2) is 37.2. The monoisotopic (exact) mass is 1730 g/mol. The number of amides is 8. The van der Waals surface area contributed by atoms with E-state index in [2.05, 4.69) is 157 Å². The van der Waals surface area contributed by atoms with Crippen LogP contribution in [0, 0.1) is 11.8 Å². The quantitative estimate of drug-likeness (QED) is 0.0245. The highest BCUT2D eigenvalue weighted by Crippen LogP contribution is 2.46. The number of hydrogen-bond donors (Lipinski definition) is 7. The van der Waals surface area contributed by atoms with Crippen molar-refractivity contribution in [3.8, 4) is 5.75 Å². The van der Waals surface area contributed by atoms with Crippen LogP contribution < -0.4 is 36.2 Å². The van der Waals surface area contributed by atoms with Crippen molar-refractivity contribution in [3.05, 3.63) is 29.8 Å². The zero-order valence-corrected chi connectivity index (χ0v) is 82.2. The van der Waals surface area contributed by atoms with Gasteiger partial charge in [-0.15, -0.1) is 0 Å². The van der Waals surface area contributed by atoms with Gasteiger partial charge in [0.2, 0.25) is 49.7 Å². The van der Waals surface area contributed by atoms with E-state index in [4.69, 9.17) is 35.9 Å². The minimum atomic E-state index is -5.21. The largest absolute Gasteiger partial charge is 0.544 e. The van der Waals surface area contributed by atoms with E-state index in [1.807, 2.05) is 104 Å². The van der Waals surface area contributed by atoms with Crippen molar-refractivity contribution in [1.29, 1.82) is 0 Å². The lowest BCUT2D eigenvalue weighted by molar-refractivity contribution is -0.173. The van der Waals surface area contributed by atoms with E-state index in [0.29, 0.717) is 11.3 Å². The number of carbonyl (C=O) groups is 8. The number of alkyl halides is 3. The summed E-state index contributed by atoms with van der Waals surface area (Å²) in [6.07, 6.45) is -10.4. The molecule has 0 radical (unpaired) electrons. The lowest BCUT2D eigenvalue weighted by Gasteiger charge is -2.43. The SMILES string of the molecule is CB(O)N[C@@H](CNC(=O)[C@@H](C)CNC(=O)C(F)(F)F)C(=O)N[C@H](C(=O)N1C[C@H](O[Si](C)(C)C(C)(C)C)C[C@H]1C(=O)N[C@H](C(=O)N[C@H](C(=O)N1C[C@H](C)[C@H](O[Si](C)(C)C(C)(C)C)[C@H]1C(=O)N(B1CO1)B1CO1)C(C)O[Si](C)(C)C(C)(C)C)[C@@H](Cc1ccc(O[Si](C)(C)C(C)(C)C)cc1)O[Si](C)(C)C(C)(C)C)C(C)O[Si](C)(C)C(C)(C)C. The van der Waals surface area contributed by atoms with Gasteiger partial charge in [0.25, 0.3) is 0 Å². The van der Waals surface area contributed by atoms with Crippen molar-refractivity contribution in [1.82, 2.24) is 46.3 Å². The molecule has 0 bridgehead atoms. The van der Waals surface area contributed by atoms with Crippen LogP contribution in [0.2, 0.25) is 116 Å². The van der Waals surface area contributed by atoms with Crippen LogP contribution in [0.1, 0.15) is 164 Å². The van der Waals surface area contributed by atoms with E-state index in [-0.39, 0.29) is 54.1 Å². The van der Waals surface area contributed by atoms with Gasteiger partial charge in [0, 0.05) is 38.5 Å². The third-order valence-electron chi connectivity index (χ3n) is 26.0. The number of benzene rings is 1. The Morgan fingerprint density at radius 3 is 1.42 bits per heavy atom. The summed E-state index contributed by atoms with van der Waals surface area (Å²) in [6, 6.07) is -1.51. The van der Waals surface area contributed by atoms with E-state index in [1.54, 1.807) is 23.9 Å². The Kier molecular flexibility index (Phi) is 32.7. The first-order valence-corrected chi connectivity index (χ1v) is 58.5. The first kappa shape index (κ1) is 101. The Morgan fingerprint density at radius 2 is 0.991 bits per heavy atom. The topological polar surface area (TPSA) is 319 Å². The molecule has 38 heteroatoms. The molecule has 26 nitrogen and oxygen atoms in total. The molecule has 8 amide bonds. The zero-order valence-electron chi connectivity index (χ0n) is 76.2. The molecule has 654 valence electrons. The minimum Gasteiger partial charge on any atom is -0.544 e. The number of carbonyl (C=O) groups excluding carboxylic acids is 8. The molecule has 2 unspecified atom stereocenters. The highest BCUT2D eigenvalue weighted by atomic mass is 28.4. The van der Waals surface area contributed by atoms with E-state index >= 15 is 28.8 Å².